The van der Waals surface area contributed by atoms with Gasteiger partial charge in [-0.15, -0.1) is 0 Å². The van der Waals surface area contributed by atoms with E-state index in [1.807, 2.05) is 41.5 Å². The molecular weight excluding hydrogens is 480 g/mol. The molecule has 2 aliphatic rings. The van der Waals surface area contributed by atoms with Crippen molar-refractivity contribution in [1.29, 1.82) is 0 Å². The van der Waals surface area contributed by atoms with E-state index in [0.717, 1.165) is 32.1 Å². The van der Waals surface area contributed by atoms with Crippen LogP contribution in [0.4, 0.5) is 0 Å². The van der Waals surface area contributed by atoms with Crippen LogP contribution in [0.2, 0.25) is 0 Å². The van der Waals surface area contributed by atoms with Gasteiger partial charge in [-0.3, -0.25) is 14.4 Å². The van der Waals surface area contributed by atoms with E-state index in [2.05, 4.69) is 32.1 Å². The van der Waals surface area contributed by atoms with Gasteiger partial charge in [-0.2, -0.15) is 0 Å². The number of allylic oxidation sites excluding steroid dienone is 3. The zero-order valence-electron chi connectivity index (χ0n) is 25.3. The Kier molecular flexibility index (Phi) is 11.7. The van der Waals surface area contributed by atoms with Crippen molar-refractivity contribution in [1.82, 2.24) is 0 Å². The molecule has 0 amide bonds. The van der Waals surface area contributed by atoms with E-state index in [1.54, 1.807) is 0 Å². The number of fused-ring (bicyclic) bond motifs is 1. The molecular formula is C32H52O6. The first-order valence-corrected chi connectivity index (χ1v) is 14.6. The molecule has 38 heavy (non-hydrogen) atoms. The lowest BCUT2D eigenvalue weighted by molar-refractivity contribution is -0.165. The summed E-state index contributed by atoms with van der Waals surface area (Å²) in [6, 6.07) is 0. The molecule has 0 saturated carbocycles. The molecule has 0 aromatic carbocycles. The van der Waals surface area contributed by atoms with Gasteiger partial charge in [-0.25, -0.2) is 0 Å². The van der Waals surface area contributed by atoms with Gasteiger partial charge in [0.1, 0.15) is 12.2 Å². The van der Waals surface area contributed by atoms with Gasteiger partial charge in [0.25, 0.3) is 0 Å². The summed E-state index contributed by atoms with van der Waals surface area (Å²) in [6.45, 7) is 16.1. The molecule has 0 radical (unpaired) electrons. The van der Waals surface area contributed by atoms with Crippen molar-refractivity contribution in [3.8, 4) is 0 Å². The summed E-state index contributed by atoms with van der Waals surface area (Å²) < 4.78 is 16.9. The Morgan fingerprint density at radius 2 is 1.63 bits per heavy atom. The van der Waals surface area contributed by atoms with E-state index < -0.39 is 16.9 Å². The summed E-state index contributed by atoms with van der Waals surface area (Å²) in [5, 5.41) is 0. The molecule has 2 aliphatic carbocycles. The fourth-order valence-electron chi connectivity index (χ4n) is 5.34. The molecule has 6 atom stereocenters. The fraction of sp³-hybridized carbons (Fsp3) is 0.781. The van der Waals surface area contributed by atoms with E-state index in [9.17, 15) is 14.4 Å². The van der Waals surface area contributed by atoms with E-state index in [0.29, 0.717) is 30.6 Å². The molecule has 0 aromatic rings. The second kappa shape index (κ2) is 13.8. The molecule has 0 aromatic heterocycles. The van der Waals surface area contributed by atoms with Crippen LogP contribution in [0.3, 0.4) is 0 Å². The lowest BCUT2D eigenvalue weighted by atomic mass is 9.65. The number of carbonyl (C=O) groups is 3. The maximum atomic E-state index is 13.0. The topological polar surface area (TPSA) is 78.9 Å². The molecule has 0 fully saturated rings. The van der Waals surface area contributed by atoms with Gasteiger partial charge in [-0.05, 0) is 89.5 Å². The van der Waals surface area contributed by atoms with Gasteiger partial charge < -0.3 is 14.2 Å². The van der Waals surface area contributed by atoms with Crippen molar-refractivity contribution in [3.63, 3.8) is 0 Å². The monoisotopic (exact) mass is 532 g/mol. The Bertz CT molecular complexity index is 882. The first-order chi connectivity index (χ1) is 17.7. The molecule has 6 heteroatoms. The number of esters is 3. The van der Waals surface area contributed by atoms with Crippen LogP contribution in [0.1, 0.15) is 107 Å². The predicted molar refractivity (Wildman–Crippen MR) is 150 cm³/mol. The van der Waals surface area contributed by atoms with E-state index >= 15 is 0 Å². The van der Waals surface area contributed by atoms with Crippen LogP contribution < -0.4 is 0 Å². The first-order valence-electron chi connectivity index (χ1n) is 14.6. The Balaban J connectivity index is 2.09. The third-order valence-electron chi connectivity index (χ3n) is 8.94. The minimum Gasteiger partial charge on any atom is -0.469 e. The Morgan fingerprint density at radius 3 is 2.24 bits per heavy atom. The average molecular weight is 533 g/mol. The standard InChI is InChI=1S/C32H52O6/c1-10-31(5,6)29(34)37-24(20-27(33)36-9)14-12-13-15-25-22(4)16-17-23-18-21(3)19-26(28(23)25)38-30(35)32(7,8)11-2/h16-18,21-22,24-26,28H,10-15,19-20H2,1-9H3/t21-,22-,24-,25-,26-,28?/m0/s1. The second-order valence-corrected chi connectivity index (χ2v) is 12.8. The van der Waals surface area contributed by atoms with Gasteiger partial charge in [0, 0.05) is 5.92 Å². The Labute approximate surface area is 230 Å². The zero-order chi connectivity index (χ0) is 28.7. The highest BCUT2D eigenvalue weighted by Gasteiger charge is 2.42. The van der Waals surface area contributed by atoms with E-state index in [4.69, 9.17) is 14.2 Å². The van der Waals surface area contributed by atoms with Crippen LogP contribution in [0.25, 0.3) is 0 Å². The number of hydrogen-bond donors (Lipinski definition) is 0. The molecule has 0 heterocycles. The molecule has 1 unspecified atom stereocenters. The van der Waals surface area contributed by atoms with Gasteiger partial charge in [0.05, 0.1) is 24.4 Å². The van der Waals surface area contributed by atoms with Crippen LogP contribution in [-0.2, 0) is 28.6 Å². The number of rotatable bonds is 13. The number of methoxy groups -OCH3 is 1. The van der Waals surface area contributed by atoms with Crippen LogP contribution in [0.15, 0.2) is 23.8 Å². The molecule has 0 aliphatic heterocycles. The second-order valence-electron chi connectivity index (χ2n) is 12.8. The van der Waals surface area contributed by atoms with Crippen LogP contribution in [0.5, 0.6) is 0 Å². The summed E-state index contributed by atoms with van der Waals surface area (Å²) in [4.78, 5) is 37.7. The maximum absolute atomic E-state index is 13.0. The van der Waals surface area contributed by atoms with E-state index in [1.165, 1.54) is 12.7 Å². The first kappa shape index (κ1) is 32.1. The number of unbranched alkanes of at least 4 members (excludes halogenated alkanes) is 1. The third-order valence-corrected chi connectivity index (χ3v) is 8.94. The lowest BCUT2D eigenvalue weighted by Crippen LogP contribution is -2.42. The summed E-state index contributed by atoms with van der Waals surface area (Å²) in [5.41, 5.74) is 0.213. The van der Waals surface area contributed by atoms with Crippen molar-refractivity contribution >= 4 is 17.9 Å². The summed E-state index contributed by atoms with van der Waals surface area (Å²) >= 11 is 0. The Hall–Kier alpha value is -2.11. The number of ether oxygens (including phenoxy) is 3. The van der Waals surface area contributed by atoms with Gasteiger partial charge in [0.2, 0.25) is 0 Å². The maximum Gasteiger partial charge on any atom is 0.311 e. The van der Waals surface area contributed by atoms with Crippen molar-refractivity contribution in [3.05, 3.63) is 23.8 Å². The molecule has 0 spiro atoms. The van der Waals surface area contributed by atoms with Crippen molar-refractivity contribution in [2.24, 2.45) is 34.5 Å². The lowest BCUT2D eigenvalue weighted by Gasteiger charge is -2.43. The zero-order valence-corrected chi connectivity index (χ0v) is 25.3. The van der Waals surface area contributed by atoms with Crippen molar-refractivity contribution in [2.45, 2.75) is 119 Å². The normalized spacial score (nSPS) is 26.1. The fourth-order valence-corrected chi connectivity index (χ4v) is 5.34. The van der Waals surface area contributed by atoms with Crippen LogP contribution in [0, 0.1) is 34.5 Å². The summed E-state index contributed by atoms with van der Waals surface area (Å²) in [5.74, 6) is 0.545. The largest absolute Gasteiger partial charge is 0.469 e. The van der Waals surface area contributed by atoms with Gasteiger partial charge in [0.15, 0.2) is 0 Å². The molecule has 2 rings (SSSR count). The minimum absolute atomic E-state index is 0.0727. The highest BCUT2D eigenvalue weighted by Crippen LogP contribution is 2.45. The average Bonchev–Trinajstić information content (AvgIpc) is 2.87. The van der Waals surface area contributed by atoms with Crippen molar-refractivity contribution < 1.29 is 28.6 Å². The van der Waals surface area contributed by atoms with Gasteiger partial charge >= 0.3 is 17.9 Å². The number of carbonyl (C=O) groups excluding carboxylic acids is 3. The van der Waals surface area contributed by atoms with Gasteiger partial charge in [-0.1, -0.05) is 52.3 Å². The van der Waals surface area contributed by atoms with Crippen LogP contribution >= 0.6 is 0 Å². The number of hydrogen-bond acceptors (Lipinski definition) is 6. The minimum atomic E-state index is -0.585. The molecule has 0 N–H and O–H groups in total. The predicted octanol–water partition coefficient (Wildman–Crippen LogP) is 7.21. The Morgan fingerprint density at radius 1 is 1.00 bits per heavy atom. The van der Waals surface area contributed by atoms with Crippen molar-refractivity contribution in [2.75, 3.05) is 7.11 Å². The van der Waals surface area contributed by atoms with E-state index in [-0.39, 0.29) is 36.4 Å². The quantitative estimate of drug-likeness (QED) is 0.142. The third kappa shape index (κ3) is 8.44. The molecule has 216 valence electrons. The molecule has 0 bridgehead atoms. The molecule has 6 nitrogen and oxygen atoms in total. The SMILES string of the molecule is CCC(C)(C)C(=O)O[C@@H](CCCC[C@@H]1C2C(=C[C@H](C)C[C@@H]2OC(=O)C(C)(C)CC)C=C[C@@H]1C)CC(=O)OC. The highest BCUT2D eigenvalue weighted by molar-refractivity contribution is 5.77. The molecule has 0 saturated heterocycles. The summed E-state index contributed by atoms with van der Waals surface area (Å²) in [6.07, 6.45) is 12.0. The smallest absolute Gasteiger partial charge is 0.311 e. The highest BCUT2D eigenvalue weighted by atomic mass is 16.6. The van der Waals surface area contributed by atoms with Crippen LogP contribution in [-0.4, -0.2) is 37.2 Å². The summed E-state index contributed by atoms with van der Waals surface area (Å²) in [7, 11) is 1.36.